The Morgan fingerprint density at radius 1 is 1.30 bits per heavy atom. The van der Waals surface area contributed by atoms with Crippen molar-refractivity contribution >= 4 is 40.2 Å². The van der Waals surface area contributed by atoms with E-state index in [1.807, 2.05) is 12.1 Å². The molecule has 3 saturated heterocycles. The molecule has 122 valence electrons. The quantitative estimate of drug-likeness (QED) is 0.898. The number of thiazole rings is 1. The molecule has 0 aliphatic carbocycles. The number of nitrogens with zero attached hydrogens (tertiary/aromatic N) is 2. The molecule has 3 aliphatic heterocycles. The Labute approximate surface area is 148 Å². The van der Waals surface area contributed by atoms with Gasteiger partial charge in [0, 0.05) is 23.2 Å². The first-order valence-corrected chi connectivity index (χ1v) is 9.89. The number of hydrogen-bond acceptors (Lipinski definition) is 5. The van der Waals surface area contributed by atoms with Crippen molar-refractivity contribution in [3.8, 4) is 9.75 Å². The third-order valence-electron chi connectivity index (χ3n) is 5.03. The summed E-state index contributed by atoms with van der Waals surface area (Å²) < 4.78 is 0.528. The fourth-order valence-corrected chi connectivity index (χ4v) is 5.65. The number of amides is 1. The molecule has 1 amide bonds. The summed E-state index contributed by atoms with van der Waals surface area (Å²) in [6, 6.07) is 4.58. The zero-order valence-electron chi connectivity index (χ0n) is 12.8. The molecule has 5 rings (SSSR count). The highest BCUT2D eigenvalue weighted by Gasteiger charge is 2.40. The number of rotatable bonds is 3. The largest absolute Gasteiger partial charge is 0.347 e. The van der Waals surface area contributed by atoms with E-state index < -0.39 is 0 Å². The minimum absolute atomic E-state index is 0.0439. The Bertz CT molecular complexity index is 718. The molecular weight excluding hydrogens is 350 g/mol. The van der Waals surface area contributed by atoms with Crippen LogP contribution in [0.2, 0.25) is 4.47 Å². The van der Waals surface area contributed by atoms with E-state index in [9.17, 15) is 4.79 Å². The van der Waals surface area contributed by atoms with Gasteiger partial charge in [-0.25, -0.2) is 4.98 Å². The van der Waals surface area contributed by atoms with Crippen LogP contribution in [0.15, 0.2) is 18.3 Å². The van der Waals surface area contributed by atoms with E-state index in [4.69, 9.17) is 11.6 Å². The lowest BCUT2D eigenvalue weighted by atomic mass is 9.79. The lowest BCUT2D eigenvalue weighted by molar-refractivity contribution is 0.0218. The molecule has 2 atom stereocenters. The number of thiophene rings is 1. The number of halogens is 1. The topological polar surface area (TPSA) is 45.2 Å². The Balaban J connectivity index is 1.48. The highest BCUT2D eigenvalue weighted by Crippen LogP contribution is 2.35. The zero-order valence-corrected chi connectivity index (χ0v) is 15.2. The third-order valence-corrected chi connectivity index (χ3v) is 7.42. The molecule has 0 saturated carbocycles. The predicted octanol–water partition coefficient (Wildman–Crippen LogP) is 3.74. The van der Waals surface area contributed by atoms with Crippen molar-refractivity contribution < 1.29 is 4.79 Å². The molecule has 7 heteroatoms. The van der Waals surface area contributed by atoms with Gasteiger partial charge in [0.15, 0.2) is 4.47 Å². The molecule has 4 nitrogen and oxygen atoms in total. The minimum Gasteiger partial charge on any atom is -0.347 e. The van der Waals surface area contributed by atoms with E-state index in [1.54, 1.807) is 6.20 Å². The number of nitrogens with one attached hydrogen (secondary N) is 1. The molecule has 2 aromatic rings. The fraction of sp³-hybridized carbons (Fsp3) is 0.500. The highest BCUT2D eigenvalue weighted by atomic mass is 35.5. The third kappa shape index (κ3) is 2.93. The van der Waals surface area contributed by atoms with E-state index in [0.717, 1.165) is 14.6 Å². The maximum absolute atomic E-state index is 12.6. The van der Waals surface area contributed by atoms with Gasteiger partial charge in [0.25, 0.3) is 5.91 Å². The van der Waals surface area contributed by atoms with Crippen molar-refractivity contribution in [1.82, 2.24) is 15.2 Å². The Morgan fingerprint density at radius 3 is 2.74 bits per heavy atom. The second kappa shape index (κ2) is 6.16. The summed E-state index contributed by atoms with van der Waals surface area (Å²) in [5.74, 6) is 0.668. The van der Waals surface area contributed by atoms with E-state index in [0.29, 0.717) is 16.4 Å². The van der Waals surface area contributed by atoms with Gasteiger partial charge in [-0.2, -0.15) is 0 Å². The summed E-state index contributed by atoms with van der Waals surface area (Å²) in [5, 5.41) is 3.28. The Morgan fingerprint density at radius 2 is 2.09 bits per heavy atom. The first-order valence-electron chi connectivity index (χ1n) is 7.88. The molecule has 1 N–H and O–H groups in total. The average molecular weight is 368 g/mol. The fourth-order valence-electron chi connectivity index (χ4n) is 3.73. The Kier molecular flexibility index (Phi) is 4.17. The molecule has 3 fully saturated rings. The zero-order chi connectivity index (χ0) is 16.0. The van der Waals surface area contributed by atoms with Crippen LogP contribution in [0.5, 0.6) is 0 Å². The van der Waals surface area contributed by atoms with Gasteiger partial charge in [0.2, 0.25) is 0 Å². The van der Waals surface area contributed by atoms with Crippen molar-refractivity contribution in [1.29, 1.82) is 0 Å². The maximum Gasteiger partial charge on any atom is 0.261 e. The van der Waals surface area contributed by atoms with Crippen LogP contribution in [0.25, 0.3) is 9.75 Å². The van der Waals surface area contributed by atoms with Gasteiger partial charge < -0.3 is 5.32 Å². The number of aromatic nitrogens is 1. The Hall–Kier alpha value is -0.950. The normalized spacial score (nSPS) is 29.7. The van der Waals surface area contributed by atoms with Crippen molar-refractivity contribution in [3.05, 3.63) is 27.7 Å². The number of carbonyl (C=O) groups excluding carboxylic acids is 1. The van der Waals surface area contributed by atoms with Crippen molar-refractivity contribution in [2.24, 2.45) is 5.92 Å². The van der Waals surface area contributed by atoms with Crippen LogP contribution in [0, 0.1) is 5.92 Å². The molecule has 5 heterocycles. The summed E-state index contributed by atoms with van der Waals surface area (Å²) in [7, 11) is 0. The molecule has 3 aliphatic rings. The van der Waals surface area contributed by atoms with E-state index in [2.05, 4.69) is 22.1 Å². The van der Waals surface area contributed by atoms with Gasteiger partial charge in [-0.15, -0.1) is 22.7 Å². The lowest BCUT2D eigenvalue weighted by Gasteiger charge is -2.49. The minimum atomic E-state index is 0.0439. The molecule has 0 radical (unpaired) electrons. The van der Waals surface area contributed by atoms with Crippen molar-refractivity contribution in [2.75, 3.05) is 13.1 Å². The summed E-state index contributed by atoms with van der Waals surface area (Å²) >= 11 is 8.83. The summed E-state index contributed by atoms with van der Waals surface area (Å²) in [4.78, 5) is 22.0. The number of hydrogen-bond donors (Lipinski definition) is 1. The molecule has 2 bridgehead atoms. The number of piperidine rings is 3. The number of carbonyl (C=O) groups is 1. The first kappa shape index (κ1) is 15.6. The van der Waals surface area contributed by atoms with Gasteiger partial charge in [-0.3, -0.25) is 9.69 Å². The molecule has 0 aromatic carbocycles. The summed E-state index contributed by atoms with van der Waals surface area (Å²) in [6.45, 7) is 4.58. The van der Waals surface area contributed by atoms with E-state index in [1.165, 1.54) is 48.6 Å². The lowest BCUT2D eigenvalue weighted by Crippen LogP contribution is -2.62. The van der Waals surface area contributed by atoms with Crippen molar-refractivity contribution in [2.45, 2.75) is 31.8 Å². The van der Waals surface area contributed by atoms with Crippen LogP contribution in [-0.4, -0.2) is 41.0 Å². The first-order chi connectivity index (χ1) is 11.1. The molecular formula is C16H18ClN3OS2. The average Bonchev–Trinajstić information content (AvgIpc) is 3.20. The van der Waals surface area contributed by atoms with Crippen LogP contribution < -0.4 is 5.32 Å². The van der Waals surface area contributed by atoms with Crippen LogP contribution in [-0.2, 0) is 0 Å². The van der Waals surface area contributed by atoms with Gasteiger partial charge in [-0.1, -0.05) is 11.6 Å². The predicted molar refractivity (Wildman–Crippen MR) is 95.5 cm³/mol. The van der Waals surface area contributed by atoms with E-state index >= 15 is 0 Å². The summed E-state index contributed by atoms with van der Waals surface area (Å²) in [6.07, 6.45) is 4.16. The van der Waals surface area contributed by atoms with E-state index in [-0.39, 0.29) is 11.9 Å². The van der Waals surface area contributed by atoms with Crippen LogP contribution in [0.3, 0.4) is 0 Å². The van der Waals surface area contributed by atoms with Gasteiger partial charge >= 0.3 is 0 Å². The summed E-state index contributed by atoms with van der Waals surface area (Å²) in [5.41, 5.74) is 0. The second-order valence-corrected chi connectivity index (χ2v) is 8.95. The number of fused-ring (bicyclic) bond motifs is 3. The van der Waals surface area contributed by atoms with Gasteiger partial charge in [-0.05, 0) is 50.9 Å². The standard InChI is InChI=1S/C16H18ClN3OS2/c1-9-14(10-4-6-20(9)7-5-10)19-15(21)12-3-2-11(22-12)13-8-18-16(17)23-13/h2-3,8-10,14H,4-7H2,1H3,(H,19,21). The maximum atomic E-state index is 12.6. The van der Waals surface area contributed by atoms with Crippen LogP contribution in [0.1, 0.15) is 29.4 Å². The second-order valence-electron chi connectivity index (χ2n) is 6.25. The smallest absolute Gasteiger partial charge is 0.261 e. The van der Waals surface area contributed by atoms with Gasteiger partial charge in [0.05, 0.1) is 9.75 Å². The monoisotopic (exact) mass is 367 g/mol. The molecule has 23 heavy (non-hydrogen) atoms. The molecule has 0 spiro atoms. The molecule has 2 aromatic heterocycles. The highest BCUT2D eigenvalue weighted by molar-refractivity contribution is 7.24. The van der Waals surface area contributed by atoms with Crippen LogP contribution in [0.4, 0.5) is 0 Å². The molecule has 2 unspecified atom stereocenters. The van der Waals surface area contributed by atoms with Crippen molar-refractivity contribution in [3.63, 3.8) is 0 Å². The van der Waals surface area contributed by atoms with Gasteiger partial charge in [0.1, 0.15) is 0 Å². The SMILES string of the molecule is CC1C(NC(=O)c2ccc(-c3cnc(Cl)s3)s2)C2CCN1CC2. The van der Waals surface area contributed by atoms with Crippen LogP contribution >= 0.6 is 34.3 Å².